The molecule has 0 bridgehead atoms. The molecule has 0 saturated heterocycles. The molecule has 100 heavy (non-hydrogen) atoms. The zero-order valence-electron chi connectivity index (χ0n) is 63.4. The van der Waals surface area contributed by atoms with E-state index in [9.17, 15) is 43.2 Å². The maximum absolute atomic E-state index is 13.1. The average molecular weight is 1450 g/mol. The molecule has 0 aliphatic rings. The standard InChI is InChI=1S/C81H144O17P2/c1-5-9-13-17-21-25-29-33-37-41-45-49-53-57-61-65-78(83)91-71-76(97-80(85)67-63-59-55-51-47-43-39-35-31-27-23-19-15-11-7-3)73-95-99(87,88)93-69-75(82)70-94-100(89,90)96-74-77(98-81(86)68-64-60-56-52-48-44-40-36-32-28-24-20-16-12-8-4)72-92-79(84)66-62-58-54-50-46-42-38-34-30-26-22-18-14-10-6-2/h21-23,25-28,32-35,37-39,75-77,82H,5-20,24,29-31,36,40-74H2,1-4H3,(H,87,88)(H,89,90)/t75?,76-,77-/m1/s1. The molecule has 0 aromatic heterocycles. The van der Waals surface area contributed by atoms with Gasteiger partial charge in [0.15, 0.2) is 12.2 Å². The third kappa shape index (κ3) is 72.6. The maximum atomic E-state index is 13.1. The van der Waals surface area contributed by atoms with Crippen LogP contribution in [0.5, 0.6) is 0 Å². The minimum atomic E-state index is -4.98. The van der Waals surface area contributed by atoms with Crippen molar-refractivity contribution < 1.29 is 80.2 Å². The zero-order chi connectivity index (χ0) is 73.2. The molecule has 0 aliphatic heterocycles. The van der Waals surface area contributed by atoms with Gasteiger partial charge < -0.3 is 33.8 Å². The van der Waals surface area contributed by atoms with Crippen LogP contribution in [0.4, 0.5) is 0 Å². The number of ether oxygens (including phenoxy) is 4. The van der Waals surface area contributed by atoms with Crippen LogP contribution < -0.4 is 0 Å². The van der Waals surface area contributed by atoms with Gasteiger partial charge in [0.05, 0.1) is 26.4 Å². The number of esters is 4. The molecule has 0 spiro atoms. The molecule has 0 aliphatic carbocycles. The second-order valence-corrected chi connectivity index (χ2v) is 29.5. The Hall–Kier alpha value is -3.76. The normalized spacial score (nSPS) is 14.3. The fourth-order valence-electron chi connectivity index (χ4n) is 10.7. The fraction of sp³-hybridized carbons (Fsp3) is 0.778. The van der Waals surface area contributed by atoms with Crippen LogP contribution in [-0.4, -0.2) is 96.7 Å². The Labute approximate surface area is 608 Å². The van der Waals surface area contributed by atoms with Crippen molar-refractivity contribution in [3.8, 4) is 0 Å². The van der Waals surface area contributed by atoms with Crippen LogP contribution in [0.3, 0.4) is 0 Å². The quantitative estimate of drug-likeness (QED) is 0.0169. The Morgan fingerprint density at radius 1 is 0.280 bits per heavy atom. The smallest absolute Gasteiger partial charge is 0.462 e. The maximum Gasteiger partial charge on any atom is 0.472 e. The van der Waals surface area contributed by atoms with E-state index in [4.69, 9.17) is 37.0 Å². The summed E-state index contributed by atoms with van der Waals surface area (Å²) >= 11 is 0. The lowest BCUT2D eigenvalue weighted by molar-refractivity contribution is -0.161. The molecule has 0 rings (SSSR count). The number of rotatable bonds is 75. The van der Waals surface area contributed by atoms with Gasteiger partial charge in [0.1, 0.15) is 19.3 Å². The molecule has 0 aromatic carbocycles. The van der Waals surface area contributed by atoms with E-state index in [1.807, 2.05) is 0 Å². The van der Waals surface area contributed by atoms with E-state index < -0.39 is 97.5 Å². The van der Waals surface area contributed by atoms with Crippen LogP contribution >= 0.6 is 15.6 Å². The zero-order valence-corrected chi connectivity index (χ0v) is 65.2. The second-order valence-electron chi connectivity index (χ2n) is 26.6. The number of carbonyl (C=O) groups is 4. The molecule has 0 heterocycles. The first-order chi connectivity index (χ1) is 48.7. The molecule has 0 radical (unpaired) electrons. The highest BCUT2D eigenvalue weighted by atomic mass is 31.2. The highest BCUT2D eigenvalue weighted by Crippen LogP contribution is 2.45. The van der Waals surface area contributed by atoms with E-state index in [0.29, 0.717) is 25.7 Å². The van der Waals surface area contributed by atoms with Crippen molar-refractivity contribution in [1.82, 2.24) is 0 Å². The molecular formula is C81H144O17P2. The number of hydrogen-bond donors (Lipinski definition) is 3. The summed E-state index contributed by atoms with van der Waals surface area (Å²) in [5, 5.41) is 10.6. The monoisotopic (exact) mass is 1450 g/mol. The van der Waals surface area contributed by atoms with Crippen LogP contribution in [-0.2, 0) is 65.4 Å². The number of carbonyl (C=O) groups excluding carboxylic acids is 4. The van der Waals surface area contributed by atoms with Crippen molar-refractivity contribution in [1.29, 1.82) is 0 Å². The van der Waals surface area contributed by atoms with Gasteiger partial charge in [-0.15, -0.1) is 0 Å². The number of aliphatic hydroxyl groups is 1. The van der Waals surface area contributed by atoms with E-state index in [2.05, 4.69) is 113 Å². The Balaban J connectivity index is 5.38. The van der Waals surface area contributed by atoms with Crippen molar-refractivity contribution in [3.05, 3.63) is 85.1 Å². The summed E-state index contributed by atoms with van der Waals surface area (Å²) in [5.41, 5.74) is 0. The molecule has 0 amide bonds. The first-order valence-electron chi connectivity index (χ1n) is 39.8. The summed E-state index contributed by atoms with van der Waals surface area (Å²) in [5.74, 6) is -2.21. The van der Waals surface area contributed by atoms with Crippen LogP contribution in [0.25, 0.3) is 0 Å². The van der Waals surface area contributed by atoms with E-state index in [1.165, 1.54) is 83.5 Å². The van der Waals surface area contributed by atoms with Crippen molar-refractivity contribution in [3.63, 3.8) is 0 Å². The molecular weight excluding hydrogens is 1310 g/mol. The van der Waals surface area contributed by atoms with Crippen LogP contribution in [0.2, 0.25) is 0 Å². The van der Waals surface area contributed by atoms with E-state index in [1.54, 1.807) is 0 Å². The topological polar surface area (TPSA) is 237 Å². The van der Waals surface area contributed by atoms with Crippen molar-refractivity contribution in [2.45, 2.75) is 367 Å². The third-order valence-electron chi connectivity index (χ3n) is 16.8. The van der Waals surface area contributed by atoms with Gasteiger partial charge in [-0.3, -0.25) is 37.3 Å². The van der Waals surface area contributed by atoms with Gasteiger partial charge in [-0.05, 0) is 148 Å². The summed E-state index contributed by atoms with van der Waals surface area (Å²) in [6.07, 6.45) is 75.5. The van der Waals surface area contributed by atoms with Gasteiger partial charge in [-0.25, -0.2) is 9.13 Å². The Kier molecular flexibility index (Phi) is 70.8. The summed E-state index contributed by atoms with van der Waals surface area (Å²) in [4.78, 5) is 73.0. The molecule has 5 atom stereocenters. The Morgan fingerprint density at radius 3 is 0.770 bits per heavy atom. The minimum Gasteiger partial charge on any atom is -0.462 e. The molecule has 3 unspecified atom stereocenters. The predicted octanol–water partition coefficient (Wildman–Crippen LogP) is 23.0. The van der Waals surface area contributed by atoms with Crippen molar-refractivity contribution in [2.75, 3.05) is 39.6 Å². The van der Waals surface area contributed by atoms with Crippen LogP contribution in [0.1, 0.15) is 349 Å². The number of aliphatic hydroxyl groups excluding tert-OH is 1. The minimum absolute atomic E-state index is 0.0770. The molecule has 580 valence electrons. The molecule has 17 nitrogen and oxygen atoms in total. The average Bonchev–Trinajstić information content (AvgIpc) is 1.01. The summed E-state index contributed by atoms with van der Waals surface area (Å²) < 4.78 is 68.6. The number of hydrogen-bond acceptors (Lipinski definition) is 15. The first kappa shape index (κ1) is 96.2. The van der Waals surface area contributed by atoms with Gasteiger partial charge in [0.2, 0.25) is 0 Å². The van der Waals surface area contributed by atoms with Gasteiger partial charge in [0.25, 0.3) is 0 Å². The Bertz CT molecular complexity index is 2230. The number of unbranched alkanes of at least 4 members (excludes halogenated alkanes) is 35. The summed E-state index contributed by atoms with van der Waals surface area (Å²) in [7, 11) is -9.96. The third-order valence-corrected chi connectivity index (χ3v) is 18.7. The molecule has 19 heteroatoms. The largest absolute Gasteiger partial charge is 0.472 e. The van der Waals surface area contributed by atoms with Crippen molar-refractivity contribution >= 4 is 39.5 Å². The number of phosphoric ester groups is 2. The molecule has 0 aromatic rings. The molecule has 0 fully saturated rings. The lowest BCUT2D eigenvalue weighted by Gasteiger charge is -2.21. The first-order valence-corrected chi connectivity index (χ1v) is 42.8. The van der Waals surface area contributed by atoms with E-state index in [-0.39, 0.29) is 25.7 Å². The summed E-state index contributed by atoms with van der Waals surface area (Å²) in [6.45, 7) is 4.78. The van der Waals surface area contributed by atoms with Crippen LogP contribution in [0.15, 0.2) is 85.1 Å². The van der Waals surface area contributed by atoms with Crippen molar-refractivity contribution in [2.24, 2.45) is 0 Å². The fourth-order valence-corrected chi connectivity index (χ4v) is 12.2. The van der Waals surface area contributed by atoms with Gasteiger partial charge in [-0.1, -0.05) is 260 Å². The Morgan fingerprint density at radius 2 is 0.490 bits per heavy atom. The van der Waals surface area contributed by atoms with Crippen LogP contribution in [0, 0.1) is 0 Å². The molecule has 0 saturated carbocycles. The van der Waals surface area contributed by atoms with Gasteiger partial charge in [0, 0.05) is 25.7 Å². The van der Waals surface area contributed by atoms with Gasteiger partial charge in [-0.2, -0.15) is 0 Å². The lowest BCUT2D eigenvalue weighted by Crippen LogP contribution is -2.30. The number of allylic oxidation sites excluding steroid dienone is 14. The van der Waals surface area contributed by atoms with E-state index >= 15 is 0 Å². The highest BCUT2D eigenvalue weighted by Gasteiger charge is 2.30. The highest BCUT2D eigenvalue weighted by molar-refractivity contribution is 7.47. The number of phosphoric acid groups is 2. The second kappa shape index (κ2) is 73.5. The van der Waals surface area contributed by atoms with E-state index in [0.717, 1.165) is 186 Å². The molecule has 3 N–H and O–H groups in total. The summed E-state index contributed by atoms with van der Waals surface area (Å²) in [6, 6.07) is 0. The lowest BCUT2D eigenvalue weighted by atomic mass is 10.1. The predicted molar refractivity (Wildman–Crippen MR) is 409 cm³/mol. The van der Waals surface area contributed by atoms with Gasteiger partial charge >= 0.3 is 39.5 Å². The SMILES string of the molecule is CCCCCC=CCC=CCCCCCCCC(=O)OC[C@H](COP(=O)(O)OCC(O)COP(=O)(O)OC[C@@H](COC(=O)CCCCCCCC=CCC=CCCCCC)OC(=O)CCCCCCCCCC=CCCCCCC)OC(=O)CCCCCCCC=CCC=CCCCCC.